The second-order valence-corrected chi connectivity index (χ2v) is 4.38. The minimum Gasteiger partial charge on any atom is -0.457 e. The Labute approximate surface area is 114 Å². The van der Waals surface area contributed by atoms with Gasteiger partial charge in [-0.1, -0.05) is 11.6 Å². The van der Waals surface area contributed by atoms with Gasteiger partial charge in [0.05, 0.1) is 5.02 Å². The van der Waals surface area contributed by atoms with E-state index in [0.717, 1.165) is 0 Å². The molecule has 0 atom stereocenters. The Morgan fingerprint density at radius 1 is 1.11 bits per heavy atom. The molecule has 0 spiro atoms. The Kier molecular flexibility index (Phi) is 4.35. The quantitative estimate of drug-likeness (QED) is 0.923. The fourth-order valence-corrected chi connectivity index (χ4v) is 1.78. The highest BCUT2D eigenvalue weighted by Gasteiger charge is 2.08. The zero-order valence-electron chi connectivity index (χ0n) is 10.00. The van der Waals surface area contributed by atoms with Crippen LogP contribution in [0.4, 0.5) is 8.78 Å². The summed E-state index contributed by atoms with van der Waals surface area (Å²) >= 11 is 5.59. The molecule has 2 nitrogen and oxygen atoms in total. The molecule has 0 heterocycles. The summed E-state index contributed by atoms with van der Waals surface area (Å²) in [5, 5.41) is 0.0219. The molecule has 0 saturated heterocycles. The van der Waals surface area contributed by atoms with Crippen LogP contribution in [0, 0.1) is 11.6 Å². The van der Waals surface area contributed by atoms with Crippen LogP contribution in [0.2, 0.25) is 5.02 Å². The van der Waals surface area contributed by atoms with Crippen molar-refractivity contribution in [2.24, 2.45) is 5.73 Å². The Morgan fingerprint density at radius 2 is 1.89 bits per heavy atom. The number of ether oxygens (including phenoxy) is 1. The lowest BCUT2D eigenvalue weighted by Crippen LogP contribution is -2.04. The highest BCUT2D eigenvalue weighted by atomic mass is 35.5. The van der Waals surface area contributed by atoms with Gasteiger partial charge in [0.25, 0.3) is 0 Å². The van der Waals surface area contributed by atoms with Gasteiger partial charge in [-0.3, -0.25) is 0 Å². The van der Waals surface area contributed by atoms with Crippen molar-refractivity contribution < 1.29 is 13.5 Å². The monoisotopic (exact) mass is 283 g/mol. The highest BCUT2D eigenvalue weighted by Crippen LogP contribution is 2.28. The maximum Gasteiger partial charge on any atom is 0.145 e. The number of nitrogens with two attached hydrogens (primary N) is 1. The van der Waals surface area contributed by atoms with Crippen molar-refractivity contribution in [2.45, 2.75) is 6.42 Å². The summed E-state index contributed by atoms with van der Waals surface area (Å²) in [5.41, 5.74) is 6.10. The molecule has 0 radical (unpaired) electrons. The zero-order chi connectivity index (χ0) is 13.8. The number of rotatable bonds is 4. The SMILES string of the molecule is NCCc1cc(F)ccc1Oc1ccc(Cl)c(F)c1. The standard InChI is InChI=1S/C14H12ClF2NO/c15-12-3-2-11(8-13(12)17)19-14-4-1-10(16)7-9(14)5-6-18/h1-4,7-8H,5-6,18H2. The number of hydrogen-bond donors (Lipinski definition) is 1. The average Bonchev–Trinajstić information content (AvgIpc) is 2.37. The first kappa shape index (κ1) is 13.8. The Bertz CT molecular complexity index is 590. The first-order valence-corrected chi connectivity index (χ1v) is 6.09. The first-order chi connectivity index (χ1) is 9.10. The van der Waals surface area contributed by atoms with Crippen LogP contribution in [0.3, 0.4) is 0 Å². The summed E-state index contributed by atoms with van der Waals surface area (Å²) in [6.45, 7) is 0.370. The minimum atomic E-state index is -0.568. The van der Waals surface area contributed by atoms with E-state index in [1.54, 1.807) is 6.07 Å². The Morgan fingerprint density at radius 3 is 2.58 bits per heavy atom. The van der Waals surface area contributed by atoms with Crippen LogP contribution < -0.4 is 10.5 Å². The largest absolute Gasteiger partial charge is 0.457 e. The van der Waals surface area contributed by atoms with E-state index in [1.165, 1.54) is 30.3 Å². The molecular formula is C14H12ClF2NO. The summed E-state index contributed by atoms with van der Waals surface area (Å²) in [5.74, 6) is -0.180. The molecule has 0 bridgehead atoms. The van der Waals surface area contributed by atoms with Crippen LogP contribution in [0.1, 0.15) is 5.56 Å². The van der Waals surface area contributed by atoms with Gasteiger partial charge in [0.2, 0.25) is 0 Å². The van der Waals surface area contributed by atoms with Crippen molar-refractivity contribution >= 4 is 11.6 Å². The van der Waals surface area contributed by atoms with Gasteiger partial charge in [-0.25, -0.2) is 8.78 Å². The molecule has 0 amide bonds. The molecule has 0 aliphatic heterocycles. The molecule has 0 unspecified atom stereocenters. The lowest BCUT2D eigenvalue weighted by molar-refractivity contribution is 0.468. The number of benzene rings is 2. The molecular weight excluding hydrogens is 272 g/mol. The molecule has 0 fully saturated rings. The van der Waals surface area contributed by atoms with Gasteiger partial charge in [-0.15, -0.1) is 0 Å². The van der Waals surface area contributed by atoms with E-state index in [4.69, 9.17) is 22.1 Å². The van der Waals surface area contributed by atoms with Crippen molar-refractivity contribution in [1.29, 1.82) is 0 Å². The predicted octanol–water partition coefficient (Wildman–Crippen LogP) is 3.91. The van der Waals surface area contributed by atoms with E-state index in [9.17, 15) is 8.78 Å². The lowest BCUT2D eigenvalue weighted by Gasteiger charge is -2.11. The van der Waals surface area contributed by atoms with E-state index < -0.39 is 5.82 Å². The molecule has 0 aromatic heterocycles. The van der Waals surface area contributed by atoms with Gasteiger partial charge in [-0.05, 0) is 48.9 Å². The highest BCUT2D eigenvalue weighted by molar-refractivity contribution is 6.30. The van der Waals surface area contributed by atoms with Gasteiger partial charge in [0.15, 0.2) is 0 Å². The van der Waals surface area contributed by atoms with Crippen LogP contribution in [-0.4, -0.2) is 6.54 Å². The fourth-order valence-electron chi connectivity index (χ4n) is 1.67. The summed E-state index contributed by atoms with van der Waals surface area (Å²) in [6, 6.07) is 8.25. The first-order valence-electron chi connectivity index (χ1n) is 5.71. The summed E-state index contributed by atoms with van der Waals surface area (Å²) in [4.78, 5) is 0. The van der Waals surface area contributed by atoms with E-state index in [-0.39, 0.29) is 10.8 Å². The average molecular weight is 284 g/mol. The maximum atomic E-state index is 13.3. The van der Waals surface area contributed by atoms with Crippen LogP contribution in [0.25, 0.3) is 0 Å². The number of hydrogen-bond acceptors (Lipinski definition) is 2. The molecule has 2 aromatic carbocycles. The van der Waals surface area contributed by atoms with Crippen LogP contribution in [-0.2, 0) is 6.42 Å². The predicted molar refractivity (Wildman–Crippen MR) is 70.6 cm³/mol. The van der Waals surface area contributed by atoms with E-state index in [0.29, 0.717) is 30.0 Å². The van der Waals surface area contributed by atoms with E-state index in [2.05, 4.69) is 0 Å². The third-order valence-electron chi connectivity index (χ3n) is 2.56. The molecule has 19 heavy (non-hydrogen) atoms. The smallest absolute Gasteiger partial charge is 0.145 e. The van der Waals surface area contributed by atoms with Gasteiger partial charge < -0.3 is 10.5 Å². The van der Waals surface area contributed by atoms with Crippen molar-refractivity contribution in [3.8, 4) is 11.5 Å². The Balaban J connectivity index is 2.29. The van der Waals surface area contributed by atoms with E-state index >= 15 is 0 Å². The fraction of sp³-hybridized carbons (Fsp3) is 0.143. The van der Waals surface area contributed by atoms with Gasteiger partial charge in [0, 0.05) is 6.07 Å². The van der Waals surface area contributed by atoms with Gasteiger partial charge >= 0.3 is 0 Å². The van der Waals surface area contributed by atoms with Gasteiger partial charge in [0.1, 0.15) is 23.1 Å². The lowest BCUT2D eigenvalue weighted by atomic mass is 10.1. The van der Waals surface area contributed by atoms with Crippen molar-refractivity contribution in [1.82, 2.24) is 0 Å². The molecule has 0 aliphatic rings. The van der Waals surface area contributed by atoms with Crippen LogP contribution in [0.15, 0.2) is 36.4 Å². The van der Waals surface area contributed by atoms with Crippen LogP contribution in [0.5, 0.6) is 11.5 Å². The van der Waals surface area contributed by atoms with Crippen molar-refractivity contribution in [3.05, 3.63) is 58.6 Å². The van der Waals surface area contributed by atoms with Crippen LogP contribution >= 0.6 is 11.6 Å². The molecule has 2 rings (SSSR count). The molecule has 2 N–H and O–H groups in total. The molecule has 5 heteroatoms. The van der Waals surface area contributed by atoms with Crippen molar-refractivity contribution in [2.75, 3.05) is 6.54 Å². The zero-order valence-corrected chi connectivity index (χ0v) is 10.8. The van der Waals surface area contributed by atoms with Crippen molar-refractivity contribution in [3.63, 3.8) is 0 Å². The Hall–Kier alpha value is -1.65. The maximum absolute atomic E-state index is 13.3. The third kappa shape index (κ3) is 3.43. The van der Waals surface area contributed by atoms with Gasteiger partial charge in [-0.2, -0.15) is 0 Å². The number of halogens is 3. The summed E-state index contributed by atoms with van der Waals surface area (Å²) in [7, 11) is 0. The summed E-state index contributed by atoms with van der Waals surface area (Å²) < 4.78 is 32.0. The molecule has 100 valence electrons. The normalized spacial score (nSPS) is 10.5. The topological polar surface area (TPSA) is 35.2 Å². The molecule has 0 saturated carbocycles. The van der Waals surface area contributed by atoms with E-state index in [1.807, 2.05) is 0 Å². The molecule has 2 aromatic rings. The second kappa shape index (κ2) is 5.99. The summed E-state index contributed by atoms with van der Waals surface area (Å²) in [6.07, 6.45) is 0.475. The second-order valence-electron chi connectivity index (χ2n) is 3.97. The third-order valence-corrected chi connectivity index (χ3v) is 2.86. The minimum absolute atomic E-state index is 0.0219. The molecule has 0 aliphatic carbocycles.